The highest BCUT2D eigenvalue weighted by Gasteiger charge is 2.26. The molecule has 0 aromatic heterocycles. The highest BCUT2D eigenvalue weighted by atomic mass is 16.6. The second-order valence-electron chi connectivity index (χ2n) is 5.70. The van der Waals surface area contributed by atoms with E-state index in [0.29, 0.717) is 6.42 Å². The molecule has 0 spiro atoms. The van der Waals surface area contributed by atoms with Crippen LogP contribution in [0.4, 0.5) is 0 Å². The summed E-state index contributed by atoms with van der Waals surface area (Å²) in [6.07, 6.45) is 0.492. The van der Waals surface area contributed by atoms with Gasteiger partial charge in [-0.2, -0.15) is 0 Å². The minimum atomic E-state index is -0.551. The Hall–Kier alpha value is -1.84. The van der Waals surface area contributed by atoms with Gasteiger partial charge in [-0.05, 0) is 32.8 Å². The topological polar surface area (TPSA) is 52.6 Å². The number of rotatable bonds is 5. The second kappa shape index (κ2) is 7.08. The van der Waals surface area contributed by atoms with Gasteiger partial charge in [-0.3, -0.25) is 9.59 Å². The molecule has 0 amide bonds. The maximum Gasteiger partial charge on any atom is 0.309 e. The maximum atomic E-state index is 11.8. The van der Waals surface area contributed by atoms with Crippen molar-refractivity contribution in [1.82, 2.24) is 0 Å². The van der Waals surface area contributed by atoms with Crippen molar-refractivity contribution in [2.24, 2.45) is 5.92 Å². The van der Waals surface area contributed by atoms with Gasteiger partial charge in [0.2, 0.25) is 0 Å². The molecule has 0 N–H and O–H groups in total. The zero-order valence-corrected chi connectivity index (χ0v) is 12.5. The lowest BCUT2D eigenvalue weighted by Gasteiger charge is -2.21. The van der Waals surface area contributed by atoms with E-state index in [2.05, 4.69) is 0 Å². The fraction of sp³-hybridized carbons (Fsp3) is 0.500. The van der Waals surface area contributed by atoms with Gasteiger partial charge in [0.1, 0.15) is 5.60 Å². The molecule has 1 rings (SSSR count). The smallest absolute Gasteiger partial charge is 0.309 e. The number of ether oxygens (including phenoxy) is 2. The van der Waals surface area contributed by atoms with E-state index in [1.807, 2.05) is 30.3 Å². The standard InChI is InChI=1S/C16H22O4/c1-16(2,3)20-14(17)11-13(15(18)19-4)10-12-8-6-5-7-9-12/h5-9,13H,10-11H2,1-4H3/t13-/m0/s1. The Morgan fingerprint density at radius 3 is 2.25 bits per heavy atom. The van der Waals surface area contributed by atoms with Crippen molar-refractivity contribution in [3.63, 3.8) is 0 Å². The molecule has 1 aromatic rings. The molecule has 0 unspecified atom stereocenters. The first-order valence-electron chi connectivity index (χ1n) is 6.65. The van der Waals surface area contributed by atoms with Crippen LogP contribution in [-0.2, 0) is 25.5 Å². The largest absolute Gasteiger partial charge is 0.469 e. The van der Waals surface area contributed by atoms with Crippen molar-refractivity contribution in [3.05, 3.63) is 35.9 Å². The van der Waals surface area contributed by atoms with Crippen LogP contribution in [0.2, 0.25) is 0 Å². The molecular formula is C16H22O4. The number of carbonyl (C=O) groups excluding carboxylic acids is 2. The first-order chi connectivity index (χ1) is 9.31. The molecular weight excluding hydrogens is 256 g/mol. The average molecular weight is 278 g/mol. The Labute approximate surface area is 120 Å². The molecule has 0 bridgehead atoms. The molecule has 0 radical (unpaired) electrons. The van der Waals surface area contributed by atoms with Crippen molar-refractivity contribution in [3.8, 4) is 0 Å². The number of hydrogen-bond donors (Lipinski definition) is 0. The molecule has 0 saturated carbocycles. The number of esters is 2. The van der Waals surface area contributed by atoms with Gasteiger partial charge in [-0.25, -0.2) is 0 Å². The van der Waals surface area contributed by atoms with Crippen LogP contribution in [0.15, 0.2) is 30.3 Å². The minimum Gasteiger partial charge on any atom is -0.469 e. The zero-order chi connectivity index (χ0) is 15.2. The molecule has 0 aliphatic rings. The van der Waals surface area contributed by atoms with Crippen LogP contribution >= 0.6 is 0 Å². The van der Waals surface area contributed by atoms with Crippen LogP contribution in [0, 0.1) is 5.92 Å². The van der Waals surface area contributed by atoms with Crippen molar-refractivity contribution in [2.75, 3.05) is 7.11 Å². The summed E-state index contributed by atoms with van der Waals surface area (Å²) in [6, 6.07) is 9.55. The van der Waals surface area contributed by atoms with E-state index in [1.54, 1.807) is 20.8 Å². The third-order valence-electron chi connectivity index (χ3n) is 2.69. The third kappa shape index (κ3) is 5.87. The minimum absolute atomic E-state index is 0.0266. The second-order valence-corrected chi connectivity index (χ2v) is 5.70. The Morgan fingerprint density at radius 1 is 1.15 bits per heavy atom. The third-order valence-corrected chi connectivity index (χ3v) is 2.69. The van der Waals surface area contributed by atoms with Crippen LogP contribution in [0.1, 0.15) is 32.8 Å². The summed E-state index contributed by atoms with van der Waals surface area (Å²) in [4.78, 5) is 23.6. The van der Waals surface area contributed by atoms with Crippen LogP contribution in [0.25, 0.3) is 0 Å². The predicted octanol–water partition coefficient (Wildman–Crippen LogP) is 2.75. The Bertz CT molecular complexity index is 445. The van der Waals surface area contributed by atoms with Crippen molar-refractivity contribution < 1.29 is 19.1 Å². The summed E-state index contributed by atoms with van der Waals surface area (Å²) in [5, 5.41) is 0. The highest BCUT2D eigenvalue weighted by molar-refractivity contribution is 5.80. The van der Waals surface area contributed by atoms with Gasteiger partial charge in [0.15, 0.2) is 0 Å². The Balaban J connectivity index is 2.70. The number of benzene rings is 1. The molecule has 0 aliphatic heterocycles. The zero-order valence-electron chi connectivity index (χ0n) is 12.5. The first kappa shape index (κ1) is 16.2. The molecule has 4 heteroatoms. The fourth-order valence-corrected chi connectivity index (χ4v) is 1.89. The number of carbonyl (C=O) groups is 2. The molecule has 0 aliphatic carbocycles. The highest BCUT2D eigenvalue weighted by Crippen LogP contribution is 2.17. The van der Waals surface area contributed by atoms with Crippen LogP contribution < -0.4 is 0 Å². The van der Waals surface area contributed by atoms with Crippen molar-refractivity contribution >= 4 is 11.9 Å². The SMILES string of the molecule is COC(=O)[C@H](CC(=O)OC(C)(C)C)Cc1ccccc1. The van der Waals surface area contributed by atoms with Gasteiger partial charge in [0, 0.05) is 0 Å². The average Bonchev–Trinajstić information content (AvgIpc) is 2.36. The molecule has 4 nitrogen and oxygen atoms in total. The number of hydrogen-bond acceptors (Lipinski definition) is 4. The normalized spacial score (nSPS) is 12.6. The van der Waals surface area contributed by atoms with Gasteiger partial charge >= 0.3 is 11.9 Å². The lowest BCUT2D eigenvalue weighted by molar-refractivity contribution is -0.160. The first-order valence-corrected chi connectivity index (χ1v) is 6.65. The molecule has 0 saturated heterocycles. The van der Waals surface area contributed by atoms with E-state index in [0.717, 1.165) is 5.56 Å². The van der Waals surface area contributed by atoms with Crippen LogP contribution in [0.5, 0.6) is 0 Å². The van der Waals surface area contributed by atoms with Gasteiger partial charge in [0.25, 0.3) is 0 Å². The van der Waals surface area contributed by atoms with Crippen LogP contribution in [0.3, 0.4) is 0 Å². The summed E-state index contributed by atoms with van der Waals surface area (Å²) in [7, 11) is 1.33. The molecule has 110 valence electrons. The van der Waals surface area contributed by atoms with E-state index < -0.39 is 11.5 Å². The van der Waals surface area contributed by atoms with Crippen molar-refractivity contribution in [1.29, 1.82) is 0 Å². The van der Waals surface area contributed by atoms with E-state index in [-0.39, 0.29) is 18.4 Å². The summed E-state index contributed by atoms with van der Waals surface area (Å²) in [6.45, 7) is 5.40. The van der Waals surface area contributed by atoms with Gasteiger partial charge < -0.3 is 9.47 Å². The fourth-order valence-electron chi connectivity index (χ4n) is 1.89. The van der Waals surface area contributed by atoms with Gasteiger partial charge in [0.05, 0.1) is 19.4 Å². The van der Waals surface area contributed by atoms with E-state index >= 15 is 0 Å². The Morgan fingerprint density at radius 2 is 1.75 bits per heavy atom. The van der Waals surface area contributed by atoms with E-state index in [4.69, 9.17) is 9.47 Å². The quantitative estimate of drug-likeness (QED) is 0.777. The molecule has 1 aromatic carbocycles. The lowest BCUT2D eigenvalue weighted by atomic mass is 9.96. The predicted molar refractivity (Wildman–Crippen MR) is 76.1 cm³/mol. The van der Waals surface area contributed by atoms with Gasteiger partial charge in [-0.1, -0.05) is 30.3 Å². The summed E-state index contributed by atoms with van der Waals surface area (Å²) < 4.78 is 10.0. The van der Waals surface area contributed by atoms with E-state index in [1.165, 1.54) is 7.11 Å². The molecule has 20 heavy (non-hydrogen) atoms. The summed E-state index contributed by atoms with van der Waals surface area (Å²) in [5.74, 6) is -1.29. The molecule has 0 heterocycles. The molecule has 0 fully saturated rings. The maximum absolute atomic E-state index is 11.8. The lowest BCUT2D eigenvalue weighted by Crippen LogP contribution is -2.28. The van der Waals surface area contributed by atoms with Crippen molar-refractivity contribution in [2.45, 2.75) is 39.2 Å². The summed E-state index contributed by atoms with van der Waals surface area (Å²) in [5.41, 5.74) is 0.441. The van der Waals surface area contributed by atoms with Gasteiger partial charge in [-0.15, -0.1) is 0 Å². The van der Waals surface area contributed by atoms with E-state index in [9.17, 15) is 9.59 Å². The Kier molecular flexibility index (Phi) is 5.74. The summed E-state index contributed by atoms with van der Waals surface area (Å²) >= 11 is 0. The number of methoxy groups -OCH3 is 1. The molecule has 1 atom stereocenters. The monoisotopic (exact) mass is 278 g/mol. The van der Waals surface area contributed by atoms with Crippen LogP contribution in [-0.4, -0.2) is 24.6 Å².